The van der Waals surface area contributed by atoms with Crippen LogP contribution in [0.25, 0.3) is 0 Å². The van der Waals surface area contributed by atoms with Crippen molar-refractivity contribution in [1.82, 2.24) is 9.80 Å². The van der Waals surface area contributed by atoms with Gasteiger partial charge in [-0.25, -0.2) is 0 Å². The predicted octanol–water partition coefficient (Wildman–Crippen LogP) is 2.52. The molecule has 1 heterocycles. The van der Waals surface area contributed by atoms with E-state index >= 15 is 0 Å². The van der Waals surface area contributed by atoms with Crippen LogP contribution in [-0.2, 0) is 4.79 Å². The van der Waals surface area contributed by atoms with Crippen LogP contribution in [0.15, 0.2) is 30.3 Å². The van der Waals surface area contributed by atoms with Gasteiger partial charge in [0.2, 0.25) is 5.91 Å². The number of benzene rings is 1. The Balaban J connectivity index is 1.89. The molecule has 1 aliphatic heterocycles. The normalized spacial score (nSPS) is 20.7. The van der Waals surface area contributed by atoms with E-state index in [1.54, 1.807) is 19.0 Å². The molecule has 2 rings (SSSR count). The first-order valence-corrected chi connectivity index (χ1v) is 8.62. The van der Waals surface area contributed by atoms with Gasteiger partial charge in [-0.3, -0.25) is 4.79 Å². The van der Waals surface area contributed by atoms with Crippen molar-refractivity contribution in [1.29, 1.82) is 0 Å². The minimum atomic E-state index is -0.910. The van der Waals surface area contributed by atoms with Crippen LogP contribution in [0.3, 0.4) is 0 Å². The average molecular weight is 339 g/mol. The Bertz CT molecular complexity index is 513. The van der Waals surface area contributed by atoms with Gasteiger partial charge in [-0.05, 0) is 18.4 Å². The van der Waals surface area contributed by atoms with Crippen LogP contribution in [0.1, 0.15) is 30.7 Å². The van der Waals surface area contributed by atoms with Gasteiger partial charge in [0.25, 0.3) is 0 Å². The van der Waals surface area contributed by atoms with Crippen LogP contribution in [0.2, 0.25) is 0 Å². The van der Waals surface area contributed by atoms with Crippen molar-refractivity contribution in [3.8, 4) is 0 Å². The number of piperidine rings is 1. The van der Waals surface area contributed by atoms with Crippen molar-refractivity contribution in [2.24, 2.45) is 5.92 Å². The molecule has 0 saturated carbocycles. The van der Waals surface area contributed by atoms with Crippen LogP contribution < -0.4 is 0 Å². The van der Waals surface area contributed by atoms with Gasteiger partial charge >= 0.3 is 0 Å². The highest BCUT2D eigenvalue weighted by molar-refractivity contribution is 6.21. The fourth-order valence-electron chi connectivity index (χ4n) is 3.17. The van der Waals surface area contributed by atoms with Crippen LogP contribution >= 0.6 is 11.6 Å². The van der Waals surface area contributed by atoms with E-state index in [4.69, 9.17) is 11.6 Å². The molecule has 1 N–H and O–H groups in total. The number of carbonyl (C=O) groups is 1. The highest BCUT2D eigenvalue weighted by Gasteiger charge is 2.41. The summed E-state index contributed by atoms with van der Waals surface area (Å²) in [5.41, 5.74) is 0.207. The van der Waals surface area contributed by atoms with E-state index < -0.39 is 5.60 Å². The Morgan fingerprint density at radius 1 is 1.30 bits per heavy atom. The Labute approximate surface area is 144 Å². The van der Waals surface area contributed by atoms with Crippen LogP contribution in [0, 0.1) is 5.92 Å². The topological polar surface area (TPSA) is 43.8 Å². The van der Waals surface area contributed by atoms with Crippen molar-refractivity contribution < 1.29 is 9.90 Å². The molecule has 4 nitrogen and oxygen atoms in total. The number of carbonyl (C=O) groups excluding carboxylic acids is 1. The van der Waals surface area contributed by atoms with Crippen molar-refractivity contribution in [2.75, 3.05) is 33.7 Å². The van der Waals surface area contributed by atoms with E-state index in [0.717, 1.165) is 25.2 Å². The molecule has 1 saturated heterocycles. The zero-order valence-corrected chi connectivity index (χ0v) is 15.0. The maximum atomic E-state index is 12.1. The fourth-order valence-corrected chi connectivity index (χ4v) is 3.51. The summed E-state index contributed by atoms with van der Waals surface area (Å²) in [6, 6.07) is 10.0. The third-order valence-electron chi connectivity index (χ3n) is 4.92. The lowest BCUT2D eigenvalue weighted by atomic mass is 9.79. The first-order chi connectivity index (χ1) is 10.8. The number of amides is 1. The van der Waals surface area contributed by atoms with Gasteiger partial charge in [0.1, 0.15) is 0 Å². The van der Waals surface area contributed by atoms with Gasteiger partial charge in [0.15, 0.2) is 0 Å². The lowest BCUT2D eigenvalue weighted by Gasteiger charge is -2.42. The number of nitrogens with zero attached hydrogens (tertiary/aromatic N) is 2. The summed E-state index contributed by atoms with van der Waals surface area (Å²) >= 11 is 6.50. The highest BCUT2D eigenvalue weighted by Crippen LogP contribution is 2.32. The molecular weight excluding hydrogens is 312 g/mol. The third-order valence-corrected chi connectivity index (χ3v) is 5.31. The van der Waals surface area contributed by atoms with E-state index in [1.807, 2.05) is 37.3 Å². The summed E-state index contributed by atoms with van der Waals surface area (Å²) in [4.78, 5) is 15.9. The van der Waals surface area contributed by atoms with Gasteiger partial charge in [0.05, 0.1) is 16.9 Å². The second-order valence-corrected chi connectivity index (χ2v) is 7.26. The maximum absolute atomic E-state index is 12.1. The van der Waals surface area contributed by atoms with Crippen molar-refractivity contribution in [3.63, 3.8) is 0 Å². The molecule has 0 aromatic heterocycles. The summed E-state index contributed by atoms with van der Waals surface area (Å²) in [5.74, 6) is -0.388. The molecule has 5 heteroatoms. The molecule has 0 spiro atoms. The lowest BCUT2D eigenvalue weighted by molar-refractivity contribution is -0.145. The standard InChI is InChI=1S/C18H27ClN2O2/c1-14(17(22)20(2)3)18(23)9-11-21(12-10-18)13-16(19)15-7-5-4-6-8-15/h4-8,14,16,23H,9-13H2,1-3H3. The van der Waals surface area contributed by atoms with Gasteiger partial charge in [0, 0.05) is 33.7 Å². The molecule has 1 aromatic rings. The number of alkyl halides is 1. The monoisotopic (exact) mass is 338 g/mol. The third kappa shape index (κ3) is 4.46. The van der Waals surface area contributed by atoms with Crippen LogP contribution in [0.5, 0.6) is 0 Å². The summed E-state index contributed by atoms with van der Waals surface area (Å²) in [7, 11) is 3.46. The van der Waals surface area contributed by atoms with E-state index in [2.05, 4.69) is 4.90 Å². The predicted molar refractivity (Wildman–Crippen MR) is 93.5 cm³/mol. The Hall–Kier alpha value is -1.10. The minimum Gasteiger partial charge on any atom is -0.389 e. The second kappa shape index (κ2) is 7.65. The smallest absolute Gasteiger partial charge is 0.227 e. The molecule has 1 fully saturated rings. The molecule has 1 aliphatic rings. The van der Waals surface area contributed by atoms with Crippen molar-refractivity contribution in [2.45, 2.75) is 30.7 Å². The summed E-state index contributed by atoms with van der Waals surface area (Å²) in [5, 5.41) is 10.8. The maximum Gasteiger partial charge on any atom is 0.227 e. The van der Waals surface area contributed by atoms with Crippen molar-refractivity contribution in [3.05, 3.63) is 35.9 Å². The first-order valence-electron chi connectivity index (χ1n) is 8.18. The molecule has 1 aromatic carbocycles. The van der Waals surface area contributed by atoms with E-state index in [9.17, 15) is 9.90 Å². The number of aliphatic hydroxyl groups is 1. The number of hydrogen-bond acceptors (Lipinski definition) is 3. The number of halogens is 1. The molecule has 0 radical (unpaired) electrons. The van der Waals surface area contributed by atoms with Gasteiger partial charge in [-0.2, -0.15) is 0 Å². The first kappa shape index (κ1) is 18.2. The summed E-state index contributed by atoms with van der Waals surface area (Å²) in [6.07, 6.45) is 1.21. The minimum absolute atomic E-state index is 0.0135. The van der Waals surface area contributed by atoms with Crippen molar-refractivity contribution >= 4 is 17.5 Å². The van der Waals surface area contributed by atoms with E-state index in [1.165, 1.54) is 0 Å². The Kier molecular flexibility index (Phi) is 6.06. The summed E-state index contributed by atoms with van der Waals surface area (Å²) in [6.45, 7) is 4.11. The number of hydrogen-bond donors (Lipinski definition) is 1. The molecule has 128 valence electrons. The SMILES string of the molecule is CC(C(=O)N(C)C)C1(O)CCN(CC(Cl)c2ccccc2)CC1. The number of rotatable bonds is 5. The van der Waals surface area contributed by atoms with Gasteiger partial charge in [-0.15, -0.1) is 11.6 Å². The van der Waals surface area contributed by atoms with E-state index in [-0.39, 0.29) is 17.2 Å². The molecular formula is C18H27ClN2O2. The van der Waals surface area contributed by atoms with E-state index in [0.29, 0.717) is 12.8 Å². The fraction of sp³-hybridized carbons (Fsp3) is 0.611. The molecule has 2 unspecified atom stereocenters. The zero-order valence-electron chi connectivity index (χ0n) is 14.2. The Morgan fingerprint density at radius 2 is 1.87 bits per heavy atom. The molecule has 0 bridgehead atoms. The van der Waals surface area contributed by atoms with Crippen LogP contribution in [0.4, 0.5) is 0 Å². The van der Waals surface area contributed by atoms with Gasteiger partial charge in [-0.1, -0.05) is 37.3 Å². The lowest BCUT2D eigenvalue weighted by Crippen LogP contribution is -2.52. The quantitative estimate of drug-likeness (QED) is 0.839. The number of likely N-dealkylation sites (tertiary alicyclic amines) is 1. The zero-order chi connectivity index (χ0) is 17.0. The largest absolute Gasteiger partial charge is 0.389 e. The molecule has 1 amide bonds. The Morgan fingerprint density at radius 3 is 2.39 bits per heavy atom. The highest BCUT2D eigenvalue weighted by atomic mass is 35.5. The molecule has 23 heavy (non-hydrogen) atoms. The second-order valence-electron chi connectivity index (χ2n) is 6.74. The molecule has 0 aliphatic carbocycles. The molecule has 2 atom stereocenters. The van der Waals surface area contributed by atoms with Crippen LogP contribution in [-0.4, -0.2) is 60.1 Å². The summed E-state index contributed by atoms with van der Waals surface area (Å²) < 4.78 is 0. The van der Waals surface area contributed by atoms with Gasteiger partial charge < -0.3 is 14.9 Å². The average Bonchev–Trinajstić information content (AvgIpc) is 2.56.